The highest BCUT2D eigenvalue weighted by Crippen LogP contribution is 2.21. The predicted molar refractivity (Wildman–Crippen MR) is 59.5 cm³/mol. The predicted octanol–water partition coefficient (Wildman–Crippen LogP) is 2.47. The lowest BCUT2D eigenvalue weighted by atomic mass is 10.0. The van der Waals surface area contributed by atoms with Gasteiger partial charge in [0.25, 0.3) is 0 Å². The average molecular weight is 199 g/mol. The Hall–Kier alpha value is -1.67. The summed E-state index contributed by atoms with van der Waals surface area (Å²) >= 11 is 0. The monoisotopic (exact) mass is 199 g/mol. The molecule has 0 aliphatic rings. The number of pyridine rings is 1. The smallest absolute Gasteiger partial charge is 0.106 e. The number of benzene rings is 1. The first-order valence-electron chi connectivity index (χ1n) is 4.92. The van der Waals surface area contributed by atoms with Crippen LogP contribution in [0.15, 0.2) is 48.8 Å². The van der Waals surface area contributed by atoms with E-state index in [2.05, 4.69) is 4.98 Å². The zero-order valence-corrected chi connectivity index (χ0v) is 8.59. The number of aromatic nitrogens is 1. The minimum atomic E-state index is -0.585. The summed E-state index contributed by atoms with van der Waals surface area (Å²) in [7, 11) is 0. The molecule has 1 N–H and O–H groups in total. The van der Waals surface area contributed by atoms with Gasteiger partial charge in [-0.25, -0.2) is 0 Å². The normalized spacial score (nSPS) is 12.4. The molecule has 0 spiro atoms. The number of nitrogens with zero attached hydrogens (tertiary/aromatic N) is 1. The van der Waals surface area contributed by atoms with E-state index in [1.807, 2.05) is 43.3 Å². The number of hydrogen-bond acceptors (Lipinski definition) is 2. The minimum Gasteiger partial charge on any atom is -0.384 e. The summed E-state index contributed by atoms with van der Waals surface area (Å²) in [4.78, 5) is 4.07. The fourth-order valence-electron chi connectivity index (χ4n) is 1.56. The highest BCUT2D eigenvalue weighted by atomic mass is 16.3. The Morgan fingerprint density at radius 1 is 1.07 bits per heavy atom. The maximum absolute atomic E-state index is 10.1. The summed E-state index contributed by atoms with van der Waals surface area (Å²) in [5.41, 5.74) is 2.79. The van der Waals surface area contributed by atoms with Crippen molar-refractivity contribution in [1.82, 2.24) is 4.98 Å². The molecule has 1 unspecified atom stereocenters. The van der Waals surface area contributed by atoms with Gasteiger partial charge in [0.1, 0.15) is 6.10 Å². The van der Waals surface area contributed by atoms with Crippen molar-refractivity contribution >= 4 is 0 Å². The first-order chi connectivity index (χ1) is 7.27. The van der Waals surface area contributed by atoms with Crippen molar-refractivity contribution in [1.29, 1.82) is 0 Å². The van der Waals surface area contributed by atoms with E-state index in [9.17, 15) is 5.11 Å². The summed E-state index contributed by atoms with van der Waals surface area (Å²) in [5, 5.41) is 10.1. The first-order valence-corrected chi connectivity index (χ1v) is 4.92. The Kier molecular flexibility index (Phi) is 2.79. The third kappa shape index (κ3) is 2.22. The second-order valence-corrected chi connectivity index (χ2v) is 3.61. The maximum atomic E-state index is 10.1. The lowest BCUT2D eigenvalue weighted by Crippen LogP contribution is -2.00. The molecular formula is C13H13NO. The number of aryl methyl sites for hydroxylation is 1. The van der Waals surface area contributed by atoms with Crippen molar-refractivity contribution in [3.05, 3.63) is 65.5 Å². The molecule has 0 radical (unpaired) electrons. The number of aliphatic hydroxyl groups excluding tert-OH is 1. The molecule has 0 fully saturated rings. The van der Waals surface area contributed by atoms with E-state index in [4.69, 9.17) is 0 Å². The highest BCUT2D eigenvalue weighted by molar-refractivity contribution is 5.29. The standard InChI is InChI=1S/C13H13NO/c1-10-7-12(9-14-8-10)13(15)11-5-3-2-4-6-11/h2-9,13,15H,1H3. The zero-order chi connectivity index (χ0) is 10.7. The van der Waals surface area contributed by atoms with Gasteiger partial charge in [-0.15, -0.1) is 0 Å². The SMILES string of the molecule is Cc1cncc(C(O)c2ccccc2)c1. The van der Waals surface area contributed by atoms with E-state index in [0.717, 1.165) is 16.7 Å². The molecule has 0 aliphatic heterocycles. The van der Waals surface area contributed by atoms with Crippen LogP contribution in [0.4, 0.5) is 0 Å². The van der Waals surface area contributed by atoms with Gasteiger partial charge in [-0.2, -0.15) is 0 Å². The third-order valence-electron chi connectivity index (χ3n) is 2.33. The molecular weight excluding hydrogens is 186 g/mol. The van der Waals surface area contributed by atoms with Crippen LogP contribution in [0.2, 0.25) is 0 Å². The fourth-order valence-corrected chi connectivity index (χ4v) is 1.56. The Balaban J connectivity index is 2.32. The van der Waals surface area contributed by atoms with Gasteiger partial charge in [0.2, 0.25) is 0 Å². The van der Waals surface area contributed by atoms with Crippen LogP contribution in [0.1, 0.15) is 22.8 Å². The van der Waals surface area contributed by atoms with E-state index in [-0.39, 0.29) is 0 Å². The molecule has 1 heterocycles. The van der Waals surface area contributed by atoms with E-state index < -0.39 is 6.10 Å². The van der Waals surface area contributed by atoms with E-state index in [0.29, 0.717) is 0 Å². The average Bonchev–Trinajstić information content (AvgIpc) is 2.29. The second kappa shape index (κ2) is 4.24. The summed E-state index contributed by atoms with van der Waals surface area (Å²) in [5.74, 6) is 0. The molecule has 1 aromatic heterocycles. The van der Waals surface area contributed by atoms with Gasteiger partial charge in [-0.1, -0.05) is 36.4 Å². The quantitative estimate of drug-likeness (QED) is 0.806. The van der Waals surface area contributed by atoms with Crippen molar-refractivity contribution in [2.75, 3.05) is 0 Å². The van der Waals surface area contributed by atoms with Gasteiger partial charge in [0.15, 0.2) is 0 Å². The lowest BCUT2D eigenvalue weighted by molar-refractivity contribution is 0.220. The third-order valence-corrected chi connectivity index (χ3v) is 2.33. The molecule has 0 saturated heterocycles. The summed E-state index contributed by atoms with van der Waals surface area (Å²) in [6.07, 6.45) is 2.89. The van der Waals surface area contributed by atoms with Crippen molar-refractivity contribution in [3.8, 4) is 0 Å². The molecule has 15 heavy (non-hydrogen) atoms. The summed E-state index contributed by atoms with van der Waals surface area (Å²) in [6, 6.07) is 11.5. The van der Waals surface area contributed by atoms with E-state index in [1.165, 1.54) is 0 Å². The summed E-state index contributed by atoms with van der Waals surface area (Å²) in [6.45, 7) is 1.97. The molecule has 1 aromatic carbocycles. The van der Waals surface area contributed by atoms with Crippen molar-refractivity contribution in [3.63, 3.8) is 0 Å². The van der Waals surface area contributed by atoms with Gasteiger partial charge < -0.3 is 5.11 Å². The van der Waals surface area contributed by atoms with Gasteiger partial charge in [-0.3, -0.25) is 4.98 Å². The van der Waals surface area contributed by atoms with Gasteiger partial charge in [0.05, 0.1) is 0 Å². The molecule has 0 amide bonds. The van der Waals surface area contributed by atoms with Crippen molar-refractivity contribution < 1.29 is 5.11 Å². The van der Waals surface area contributed by atoms with Gasteiger partial charge in [-0.05, 0) is 18.1 Å². The van der Waals surface area contributed by atoms with Crippen LogP contribution in [-0.2, 0) is 0 Å². The molecule has 2 nitrogen and oxygen atoms in total. The van der Waals surface area contributed by atoms with Crippen LogP contribution in [0.3, 0.4) is 0 Å². The number of aliphatic hydroxyl groups is 1. The molecule has 2 rings (SSSR count). The Morgan fingerprint density at radius 2 is 1.80 bits per heavy atom. The number of rotatable bonds is 2. The first kappa shape index (κ1) is 9.87. The Bertz CT molecular complexity index is 439. The Labute approximate surface area is 89.2 Å². The van der Waals surface area contributed by atoms with Crippen LogP contribution < -0.4 is 0 Å². The van der Waals surface area contributed by atoms with Crippen LogP contribution >= 0.6 is 0 Å². The topological polar surface area (TPSA) is 33.1 Å². The van der Waals surface area contributed by atoms with Gasteiger partial charge in [0, 0.05) is 18.0 Å². The molecule has 2 aromatic rings. The second-order valence-electron chi connectivity index (χ2n) is 3.61. The summed E-state index contributed by atoms with van der Waals surface area (Å²) < 4.78 is 0. The van der Waals surface area contributed by atoms with Crippen LogP contribution in [0.25, 0.3) is 0 Å². The van der Waals surface area contributed by atoms with Crippen LogP contribution in [0, 0.1) is 6.92 Å². The van der Waals surface area contributed by atoms with E-state index in [1.54, 1.807) is 12.4 Å². The van der Waals surface area contributed by atoms with Crippen LogP contribution in [0.5, 0.6) is 0 Å². The fraction of sp³-hybridized carbons (Fsp3) is 0.154. The van der Waals surface area contributed by atoms with Crippen molar-refractivity contribution in [2.45, 2.75) is 13.0 Å². The van der Waals surface area contributed by atoms with Gasteiger partial charge >= 0.3 is 0 Å². The van der Waals surface area contributed by atoms with Crippen molar-refractivity contribution in [2.24, 2.45) is 0 Å². The molecule has 2 heteroatoms. The largest absolute Gasteiger partial charge is 0.384 e. The molecule has 0 saturated carbocycles. The lowest BCUT2D eigenvalue weighted by Gasteiger charge is -2.11. The zero-order valence-electron chi connectivity index (χ0n) is 8.59. The highest BCUT2D eigenvalue weighted by Gasteiger charge is 2.09. The van der Waals surface area contributed by atoms with Crippen LogP contribution in [-0.4, -0.2) is 10.1 Å². The molecule has 1 atom stereocenters. The molecule has 0 aliphatic carbocycles. The van der Waals surface area contributed by atoms with E-state index >= 15 is 0 Å². The molecule has 0 bridgehead atoms. The minimum absolute atomic E-state index is 0.585. The Morgan fingerprint density at radius 3 is 2.47 bits per heavy atom. The maximum Gasteiger partial charge on any atom is 0.106 e. The molecule has 76 valence electrons. The number of hydrogen-bond donors (Lipinski definition) is 1.